The van der Waals surface area contributed by atoms with Crippen LogP contribution in [0.15, 0.2) is 22.8 Å². The molecular weight excluding hydrogens is 384 g/mol. The van der Waals surface area contributed by atoms with E-state index in [9.17, 15) is 14.7 Å². The number of rotatable bonds is 4. The summed E-state index contributed by atoms with van der Waals surface area (Å²) in [4.78, 5) is 25.3. The first-order valence-corrected chi connectivity index (χ1v) is 13.4. The topological polar surface area (TPSA) is 72.8 Å². The maximum Gasteiger partial charge on any atom is 0.303 e. The van der Waals surface area contributed by atoms with Gasteiger partial charge >= 0.3 is 5.97 Å². The summed E-state index contributed by atoms with van der Waals surface area (Å²) in [7, 11) is -2.04. The molecule has 1 fully saturated rings. The van der Waals surface area contributed by atoms with Crippen molar-refractivity contribution in [3.63, 3.8) is 0 Å². The van der Waals surface area contributed by atoms with E-state index in [0.29, 0.717) is 12.2 Å². The monoisotopic (exact) mass is 420 g/mol. The first-order chi connectivity index (χ1) is 13.0. The fraction of sp³-hybridized carbons (Fsp3) is 0.739. The highest BCUT2D eigenvalue weighted by Gasteiger charge is 2.67. The Bertz CT molecular complexity index is 823. The average Bonchev–Trinajstić information content (AvgIpc) is 3.33. The van der Waals surface area contributed by atoms with Crippen LogP contribution >= 0.6 is 0 Å². The van der Waals surface area contributed by atoms with E-state index in [4.69, 9.17) is 9.16 Å². The summed E-state index contributed by atoms with van der Waals surface area (Å²) >= 11 is 0. The zero-order valence-corrected chi connectivity index (χ0v) is 20.4. The number of hydrogen-bond donors (Lipinski definition) is 1. The molecule has 1 saturated carbocycles. The van der Waals surface area contributed by atoms with Crippen molar-refractivity contribution < 1.29 is 23.9 Å². The Morgan fingerprint density at radius 3 is 2.28 bits per heavy atom. The van der Waals surface area contributed by atoms with Gasteiger partial charge in [-0.15, -0.1) is 0 Å². The highest BCUT2D eigenvalue weighted by molar-refractivity contribution is 6.74. The lowest BCUT2D eigenvalue weighted by Gasteiger charge is -2.41. The molecule has 29 heavy (non-hydrogen) atoms. The van der Waals surface area contributed by atoms with Crippen LogP contribution in [-0.4, -0.2) is 43.5 Å². The number of ketones is 1. The number of carbonyl (C=O) groups excluding carboxylic acids is 2. The van der Waals surface area contributed by atoms with Crippen molar-refractivity contribution in [2.24, 2.45) is 10.8 Å². The molecule has 3 atom stereocenters. The van der Waals surface area contributed by atoms with Gasteiger partial charge in [0.1, 0.15) is 11.7 Å². The van der Waals surface area contributed by atoms with E-state index in [0.717, 1.165) is 24.0 Å². The van der Waals surface area contributed by atoms with E-state index in [1.807, 2.05) is 19.9 Å². The van der Waals surface area contributed by atoms with Gasteiger partial charge in [-0.3, -0.25) is 9.59 Å². The van der Waals surface area contributed by atoms with E-state index in [1.54, 1.807) is 6.92 Å². The van der Waals surface area contributed by atoms with E-state index in [-0.39, 0.29) is 16.8 Å². The van der Waals surface area contributed by atoms with Crippen LogP contribution in [0, 0.1) is 10.8 Å². The maximum absolute atomic E-state index is 13.3. The van der Waals surface area contributed by atoms with Crippen LogP contribution in [0.5, 0.6) is 0 Å². The molecule has 3 aliphatic rings. The second-order valence-corrected chi connectivity index (χ2v) is 15.9. The Hall–Kier alpha value is -1.24. The van der Waals surface area contributed by atoms with Crippen LogP contribution in [0.4, 0.5) is 0 Å². The molecule has 1 spiro atoms. The third-order valence-electron chi connectivity index (χ3n) is 7.95. The van der Waals surface area contributed by atoms with E-state index >= 15 is 0 Å². The van der Waals surface area contributed by atoms with Gasteiger partial charge in [0.2, 0.25) is 0 Å². The second kappa shape index (κ2) is 6.38. The third-order valence-corrected chi connectivity index (χ3v) is 12.4. The van der Waals surface area contributed by atoms with Gasteiger partial charge in [-0.1, -0.05) is 32.4 Å². The average molecular weight is 421 g/mol. The zero-order valence-electron chi connectivity index (χ0n) is 19.4. The van der Waals surface area contributed by atoms with Crippen LogP contribution in [0.2, 0.25) is 18.1 Å². The molecule has 6 heteroatoms. The summed E-state index contributed by atoms with van der Waals surface area (Å²) in [6.07, 6.45) is 2.87. The van der Waals surface area contributed by atoms with Crippen LogP contribution in [0.25, 0.3) is 0 Å². The third kappa shape index (κ3) is 3.18. The minimum absolute atomic E-state index is 0.0472. The highest BCUT2D eigenvalue weighted by atomic mass is 28.4. The van der Waals surface area contributed by atoms with Gasteiger partial charge in [0.25, 0.3) is 0 Å². The molecule has 0 aliphatic heterocycles. The number of carbonyl (C=O) groups is 2. The first-order valence-electron chi connectivity index (χ1n) is 10.5. The SMILES string of the molecule is CC(=O)O[C@@H]1C2=C(C)C3(CC3)[C@@](C)(O)C(=O)C2=C[C@@]1(C)CO[Si](C)(C)C(C)(C)C. The lowest BCUT2D eigenvalue weighted by Crippen LogP contribution is -2.50. The maximum atomic E-state index is 13.3. The molecule has 0 bridgehead atoms. The standard InChI is InChI=1S/C23H36O5Si/c1-14-17-16(18(25)22(7,26)23(14)10-11-23)12-21(6,19(17)28-15(2)24)13-27-29(8,9)20(3,4)5/h12,19,26H,10-11,13H2,1-9H3/t19-,21+,22+/m1/s1. The number of aliphatic hydroxyl groups is 1. The Labute approximate surface area is 175 Å². The summed E-state index contributed by atoms with van der Waals surface area (Å²) in [6, 6.07) is 0. The van der Waals surface area contributed by atoms with Gasteiger partial charge in [0, 0.05) is 35.5 Å². The second-order valence-electron chi connectivity index (χ2n) is 11.1. The van der Waals surface area contributed by atoms with Gasteiger partial charge in [-0.05, 0) is 51.7 Å². The molecule has 0 radical (unpaired) electrons. The zero-order chi connectivity index (χ0) is 22.2. The molecule has 5 nitrogen and oxygen atoms in total. The minimum Gasteiger partial charge on any atom is -0.457 e. The summed E-state index contributed by atoms with van der Waals surface area (Å²) in [5.74, 6) is -0.637. The molecule has 0 aromatic carbocycles. The summed E-state index contributed by atoms with van der Waals surface area (Å²) in [5, 5.41) is 11.1. The number of ether oxygens (including phenoxy) is 1. The summed E-state index contributed by atoms with van der Waals surface area (Å²) in [6.45, 7) is 18.3. The fourth-order valence-corrected chi connectivity index (χ4v) is 5.76. The molecule has 162 valence electrons. The molecule has 0 aromatic heterocycles. The molecule has 1 N–H and O–H groups in total. The molecule has 0 amide bonds. The lowest BCUT2D eigenvalue weighted by atomic mass is 9.67. The van der Waals surface area contributed by atoms with Crippen molar-refractivity contribution in [1.82, 2.24) is 0 Å². The molecule has 0 aromatic rings. The Morgan fingerprint density at radius 1 is 1.28 bits per heavy atom. The number of hydrogen-bond acceptors (Lipinski definition) is 5. The molecule has 0 heterocycles. The predicted molar refractivity (Wildman–Crippen MR) is 115 cm³/mol. The Kier molecular flexibility index (Phi) is 4.94. The molecule has 0 saturated heterocycles. The van der Waals surface area contributed by atoms with Crippen LogP contribution in [-0.2, 0) is 18.8 Å². The van der Waals surface area contributed by atoms with Crippen molar-refractivity contribution in [2.75, 3.05) is 6.61 Å². The molecule has 3 rings (SSSR count). The number of esters is 1. The smallest absolute Gasteiger partial charge is 0.303 e. The van der Waals surface area contributed by atoms with Gasteiger partial charge in [-0.2, -0.15) is 0 Å². The fourth-order valence-electron chi connectivity index (χ4n) is 4.66. The summed E-state index contributed by atoms with van der Waals surface area (Å²) in [5.41, 5.74) is -0.331. The Balaban J connectivity index is 2.06. The quantitative estimate of drug-likeness (QED) is 0.542. The van der Waals surface area contributed by atoms with Gasteiger partial charge in [-0.25, -0.2) is 0 Å². The summed E-state index contributed by atoms with van der Waals surface area (Å²) < 4.78 is 12.3. The van der Waals surface area contributed by atoms with E-state index < -0.39 is 30.9 Å². The van der Waals surface area contributed by atoms with Crippen molar-refractivity contribution in [2.45, 2.75) is 91.1 Å². The number of fused-ring (bicyclic) bond motifs is 1. The largest absolute Gasteiger partial charge is 0.457 e. The van der Waals surface area contributed by atoms with Crippen LogP contribution in [0.3, 0.4) is 0 Å². The van der Waals surface area contributed by atoms with Crippen molar-refractivity contribution in [1.29, 1.82) is 0 Å². The van der Waals surface area contributed by atoms with Crippen LogP contribution < -0.4 is 0 Å². The van der Waals surface area contributed by atoms with Crippen molar-refractivity contribution in [3.8, 4) is 0 Å². The minimum atomic E-state index is -2.04. The normalized spacial score (nSPS) is 33.7. The Morgan fingerprint density at radius 2 is 1.83 bits per heavy atom. The molecule has 3 aliphatic carbocycles. The van der Waals surface area contributed by atoms with Gasteiger partial charge < -0.3 is 14.3 Å². The van der Waals surface area contributed by atoms with E-state index in [1.165, 1.54) is 6.92 Å². The van der Waals surface area contributed by atoms with Crippen molar-refractivity contribution in [3.05, 3.63) is 22.8 Å². The lowest BCUT2D eigenvalue weighted by molar-refractivity contribution is -0.149. The van der Waals surface area contributed by atoms with Gasteiger partial charge in [0.15, 0.2) is 14.1 Å². The van der Waals surface area contributed by atoms with Gasteiger partial charge in [0.05, 0.1) is 0 Å². The predicted octanol–water partition coefficient (Wildman–Crippen LogP) is 4.32. The van der Waals surface area contributed by atoms with E-state index in [2.05, 4.69) is 33.9 Å². The van der Waals surface area contributed by atoms with Crippen molar-refractivity contribution >= 4 is 20.1 Å². The number of Topliss-reactive ketones (excluding diaryl/α,β-unsaturated/α-hetero) is 1. The highest BCUT2D eigenvalue weighted by Crippen LogP contribution is 2.65. The molecular formula is C23H36O5Si. The first kappa shape index (κ1) is 22.4. The molecule has 0 unspecified atom stereocenters. The van der Waals surface area contributed by atoms with Crippen LogP contribution in [0.1, 0.15) is 61.3 Å².